The molecule has 0 bridgehead atoms. The molecule has 0 saturated heterocycles. The van der Waals surface area contributed by atoms with Crippen LogP contribution in [0.2, 0.25) is 0 Å². The highest BCUT2D eigenvalue weighted by Gasteiger charge is 2.30. The number of carbonyl (C=O) groups is 1. The summed E-state index contributed by atoms with van der Waals surface area (Å²) < 4.78 is 11.2. The van der Waals surface area contributed by atoms with Crippen LogP contribution in [0.1, 0.15) is 31.2 Å². The summed E-state index contributed by atoms with van der Waals surface area (Å²) in [4.78, 5) is 29.7. The maximum absolute atomic E-state index is 11.5. The molecule has 2 rings (SSSR count). The van der Waals surface area contributed by atoms with Gasteiger partial charge < -0.3 is 25.1 Å². The Morgan fingerprint density at radius 1 is 1.20 bits per heavy atom. The van der Waals surface area contributed by atoms with Gasteiger partial charge in [-0.1, -0.05) is 19.1 Å². The lowest BCUT2D eigenvalue weighted by atomic mass is 9.88. The first kappa shape index (κ1) is 19.2. The van der Waals surface area contributed by atoms with E-state index in [1.54, 1.807) is 12.1 Å². The van der Waals surface area contributed by atoms with Gasteiger partial charge in [0, 0.05) is 17.3 Å². The Kier molecular flexibility index (Phi) is 5.69. The molecule has 1 aromatic rings. The van der Waals surface area contributed by atoms with Gasteiger partial charge in [-0.2, -0.15) is 0 Å². The summed E-state index contributed by atoms with van der Waals surface area (Å²) in [5.74, 6) is -1.11. The van der Waals surface area contributed by atoms with Crippen molar-refractivity contribution in [2.24, 2.45) is 0 Å². The quantitative estimate of drug-likeness (QED) is 0.414. The third-order valence-corrected chi connectivity index (χ3v) is 4.46. The van der Waals surface area contributed by atoms with Crippen LogP contribution in [0.4, 0.5) is 0 Å². The van der Waals surface area contributed by atoms with E-state index >= 15 is 0 Å². The Hall–Kier alpha value is -2.12. The predicted octanol–water partition coefficient (Wildman–Crippen LogP) is 1.60. The number of allylic oxidation sites excluding steroid dienone is 2. The predicted molar refractivity (Wildman–Crippen MR) is 89.7 cm³/mol. The number of ketones is 1. The summed E-state index contributed by atoms with van der Waals surface area (Å²) >= 11 is 0. The van der Waals surface area contributed by atoms with Crippen LogP contribution in [-0.2, 0) is 9.36 Å². The summed E-state index contributed by atoms with van der Waals surface area (Å²) in [5.41, 5.74) is 0.537. The Balaban J connectivity index is 2.26. The topological polar surface area (TPSA) is 147 Å². The van der Waals surface area contributed by atoms with E-state index in [4.69, 9.17) is 9.79 Å². The lowest BCUT2D eigenvalue weighted by Crippen LogP contribution is -2.26. The van der Waals surface area contributed by atoms with Crippen molar-refractivity contribution in [1.29, 1.82) is 0 Å². The van der Waals surface area contributed by atoms with E-state index in [1.165, 1.54) is 12.1 Å². The van der Waals surface area contributed by atoms with Gasteiger partial charge in [0.15, 0.2) is 5.78 Å². The molecule has 0 saturated carbocycles. The first-order valence-electron chi connectivity index (χ1n) is 7.54. The standard InChI is InChI=1S/C16H20NO7P/c1-9(10-2-4-11(18)5-3-10)6-14(20)16-13(17-25(22,23)24)7-12(19)8-15(16)21/h2-5,8-9,14,18,20-21H,6-7H2,1H3,(H3,17,22,23,24). The Morgan fingerprint density at radius 2 is 1.80 bits per heavy atom. The average Bonchev–Trinajstić information content (AvgIpc) is 2.45. The molecule has 136 valence electrons. The van der Waals surface area contributed by atoms with Crippen LogP contribution < -0.4 is 5.09 Å². The van der Waals surface area contributed by atoms with Gasteiger partial charge in [0.05, 0.1) is 12.5 Å². The lowest BCUT2D eigenvalue weighted by molar-refractivity contribution is -0.114. The lowest BCUT2D eigenvalue weighted by Gasteiger charge is -2.25. The molecule has 6 N–H and O–H groups in total. The summed E-state index contributed by atoms with van der Waals surface area (Å²) in [6.45, 7) is 1.82. The smallest absolute Gasteiger partial charge is 0.427 e. The summed E-state index contributed by atoms with van der Waals surface area (Å²) in [7, 11) is -4.70. The van der Waals surface area contributed by atoms with E-state index in [0.29, 0.717) is 0 Å². The molecule has 0 aliphatic heterocycles. The van der Waals surface area contributed by atoms with E-state index in [2.05, 4.69) is 0 Å². The van der Waals surface area contributed by atoms with Gasteiger partial charge in [-0.3, -0.25) is 9.88 Å². The molecule has 0 amide bonds. The average molecular weight is 369 g/mol. The van der Waals surface area contributed by atoms with Crippen LogP contribution in [0, 0.1) is 0 Å². The van der Waals surface area contributed by atoms with E-state index < -0.39 is 25.4 Å². The molecule has 0 aromatic heterocycles. The van der Waals surface area contributed by atoms with Crippen molar-refractivity contribution >= 4 is 13.5 Å². The van der Waals surface area contributed by atoms with Gasteiger partial charge in [-0.05, 0) is 30.0 Å². The number of phenols is 1. The Morgan fingerprint density at radius 3 is 2.36 bits per heavy atom. The van der Waals surface area contributed by atoms with Crippen LogP contribution >= 0.6 is 7.75 Å². The largest absolute Gasteiger partial charge is 0.508 e. The molecule has 1 aliphatic carbocycles. The summed E-state index contributed by atoms with van der Waals surface area (Å²) in [6.07, 6.45) is -0.537. The molecule has 2 unspecified atom stereocenters. The Labute approximate surface area is 144 Å². The number of hydrogen-bond donors (Lipinski definition) is 6. The van der Waals surface area contributed by atoms with Gasteiger partial charge in [-0.25, -0.2) is 4.57 Å². The number of nitrogens with one attached hydrogen (secondary N) is 1. The van der Waals surface area contributed by atoms with Crippen molar-refractivity contribution in [2.45, 2.75) is 31.8 Å². The molecule has 1 aliphatic rings. The highest BCUT2D eigenvalue weighted by atomic mass is 31.2. The molecule has 0 spiro atoms. The second kappa shape index (κ2) is 7.41. The third-order valence-electron chi connectivity index (χ3n) is 3.90. The normalized spacial score (nSPS) is 17.9. The van der Waals surface area contributed by atoms with E-state index in [0.717, 1.165) is 11.6 Å². The number of carbonyl (C=O) groups excluding carboxylic acids is 1. The van der Waals surface area contributed by atoms with Gasteiger partial charge in [0.2, 0.25) is 0 Å². The zero-order valence-corrected chi connectivity index (χ0v) is 14.3. The van der Waals surface area contributed by atoms with Crippen molar-refractivity contribution < 1.29 is 34.5 Å². The molecule has 9 heteroatoms. The van der Waals surface area contributed by atoms with Crippen LogP contribution in [0.5, 0.6) is 5.75 Å². The van der Waals surface area contributed by atoms with Crippen molar-refractivity contribution in [3.8, 4) is 5.75 Å². The first-order valence-corrected chi connectivity index (χ1v) is 9.16. The van der Waals surface area contributed by atoms with Gasteiger partial charge in [0.1, 0.15) is 11.5 Å². The van der Waals surface area contributed by atoms with Crippen LogP contribution in [-0.4, -0.2) is 37.0 Å². The zero-order valence-electron chi connectivity index (χ0n) is 13.5. The molecular weight excluding hydrogens is 349 g/mol. The monoisotopic (exact) mass is 369 g/mol. The number of aromatic hydroxyl groups is 1. The number of hydrogen-bond acceptors (Lipinski definition) is 5. The zero-order chi connectivity index (χ0) is 18.8. The van der Waals surface area contributed by atoms with E-state index in [9.17, 15) is 24.7 Å². The van der Waals surface area contributed by atoms with Crippen molar-refractivity contribution in [3.05, 3.63) is 52.9 Å². The van der Waals surface area contributed by atoms with Crippen molar-refractivity contribution in [2.75, 3.05) is 0 Å². The highest BCUT2D eigenvalue weighted by molar-refractivity contribution is 7.49. The van der Waals surface area contributed by atoms with Gasteiger partial charge >= 0.3 is 7.75 Å². The summed E-state index contributed by atoms with van der Waals surface area (Å²) in [5, 5.41) is 31.7. The second-order valence-electron chi connectivity index (χ2n) is 5.96. The van der Waals surface area contributed by atoms with Crippen molar-refractivity contribution in [3.63, 3.8) is 0 Å². The molecular formula is C16H20NO7P. The SMILES string of the molecule is CC(CC(O)C1=C(NP(=O)(O)O)CC(=O)C=C1O)c1ccc(O)cc1. The maximum atomic E-state index is 11.5. The minimum atomic E-state index is -4.70. The Bertz CT molecular complexity index is 763. The first-order chi connectivity index (χ1) is 11.6. The molecule has 2 atom stereocenters. The number of aliphatic hydroxyl groups is 2. The minimum absolute atomic E-state index is 0.103. The van der Waals surface area contributed by atoms with Crippen molar-refractivity contribution in [1.82, 2.24) is 5.09 Å². The molecule has 0 fully saturated rings. The number of aliphatic hydroxyl groups excluding tert-OH is 2. The van der Waals surface area contributed by atoms with E-state index in [-0.39, 0.29) is 35.8 Å². The fourth-order valence-corrected chi connectivity index (χ4v) is 3.30. The summed E-state index contributed by atoms with van der Waals surface area (Å²) in [6, 6.07) is 6.40. The van der Waals surface area contributed by atoms with Crippen LogP contribution in [0.25, 0.3) is 0 Å². The molecule has 0 heterocycles. The number of rotatable bonds is 6. The van der Waals surface area contributed by atoms with Gasteiger partial charge in [-0.15, -0.1) is 0 Å². The fraction of sp³-hybridized carbons (Fsp3) is 0.312. The maximum Gasteiger partial charge on any atom is 0.427 e. The number of phenolic OH excluding ortho intramolecular Hbond substituents is 1. The second-order valence-corrected chi connectivity index (χ2v) is 7.28. The van der Waals surface area contributed by atoms with E-state index in [1.807, 2.05) is 12.0 Å². The van der Waals surface area contributed by atoms with Gasteiger partial charge in [0.25, 0.3) is 0 Å². The molecule has 1 aromatic carbocycles. The fourth-order valence-electron chi connectivity index (χ4n) is 2.74. The van der Waals surface area contributed by atoms with Crippen LogP contribution in [0.15, 0.2) is 47.4 Å². The molecule has 25 heavy (non-hydrogen) atoms. The molecule has 8 nitrogen and oxygen atoms in total. The van der Waals surface area contributed by atoms with Crippen LogP contribution in [0.3, 0.4) is 0 Å². The number of benzene rings is 1. The third kappa shape index (κ3) is 5.17. The minimum Gasteiger partial charge on any atom is -0.508 e. The molecule has 0 radical (unpaired) electrons. The highest BCUT2D eigenvalue weighted by Crippen LogP contribution is 2.36.